The maximum atomic E-state index is 14.4. The molecule has 2 aromatic heterocycles. The summed E-state index contributed by atoms with van der Waals surface area (Å²) >= 11 is 1.99. The van der Waals surface area contributed by atoms with Crippen LogP contribution in [0.25, 0.3) is 66.4 Å². The van der Waals surface area contributed by atoms with Crippen LogP contribution in [0.1, 0.15) is 37.1 Å². The second kappa shape index (κ2) is 19.8. The van der Waals surface area contributed by atoms with Crippen LogP contribution >= 0.6 is 22.7 Å². The smallest absolute Gasteiger partial charge is 0.417 e. The topological polar surface area (TPSA) is 198 Å². The Balaban J connectivity index is 0.000000180. The molecule has 368 valence electrons. The molecule has 73 heavy (non-hydrogen) atoms. The Hall–Kier alpha value is -8.76. The number of nitrogens with two attached hydrogens (primary N) is 1. The van der Waals surface area contributed by atoms with Crippen LogP contribution in [0.5, 0.6) is 11.5 Å². The van der Waals surface area contributed by atoms with Gasteiger partial charge in [0.2, 0.25) is 0 Å². The average molecular weight is 1040 g/mol. The van der Waals surface area contributed by atoms with Crippen LogP contribution in [0.2, 0.25) is 0 Å². The quantitative estimate of drug-likeness (QED) is 0.120. The predicted octanol–water partition coefficient (Wildman–Crippen LogP) is 10.5. The number of aromatic nitrogens is 10. The molecular weight excluding hydrogens is 1010 g/mol. The average Bonchev–Trinajstić information content (AvgIpc) is 4.19. The number of primary amides is 1. The zero-order valence-electron chi connectivity index (χ0n) is 37.4. The molecule has 6 aromatic rings. The van der Waals surface area contributed by atoms with E-state index in [0.717, 1.165) is 34.8 Å². The molecule has 6 heterocycles. The number of carbonyl (C=O) groups is 1. The van der Waals surface area contributed by atoms with Crippen molar-refractivity contribution in [3.8, 4) is 84.0 Å². The number of carbonyl (C=O) groups excluding carboxylic acids is 1. The molecule has 2 N–H and O–H groups in total. The molecule has 25 heteroatoms. The van der Waals surface area contributed by atoms with Crippen LogP contribution in [-0.2, 0) is 25.4 Å². The van der Waals surface area contributed by atoms with E-state index in [4.69, 9.17) is 15.2 Å². The van der Waals surface area contributed by atoms with Gasteiger partial charge in [0.15, 0.2) is 0 Å². The van der Waals surface area contributed by atoms with Crippen LogP contribution in [-0.4, -0.2) is 69.6 Å². The molecule has 0 fully saturated rings. The SMILES string of the molecule is COc1ccc(-c2nnc(Cn3cnc4c(C#N)c(-c5ccccc5F)nc-4c3)s2)c(C(F)(F)F)c1.COc1ccc(-c2nnc(Cn3cnc4c(C(N)=O)c(-c5ccccc5F)nc-4c3)s2)c(C(F)(F)F)c1. The molecule has 0 saturated heterocycles. The molecule has 15 nitrogen and oxygen atoms in total. The Morgan fingerprint density at radius 2 is 1.08 bits per heavy atom. The zero-order chi connectivity index (χ0) is 51.8. The molecule has 10 rings (SSSR count). The van der Waals surface area contributed by atoms with Gasteiger partial charge >= 0.3 is 12.4 Å². The van der Waals surface area contributed by atoms with Gasteiger partial charge in [-0.15, -0.1) is 20.4 Å². The lowest BCUT2D eigenvalue weighted by Gasteiger charge is -2.12. The summed E-state index contributed by atoms with van der Waals surface area (Å²) in [6.07, 6.45) is -3.19. The first-order valence-electron chi connectivity index (χ1n) is 21.0. The Morgan fingerprint density at radius 3 is 1.53 bits per heavy atom. The van der Waals surface area contributed by atoms with Crippen LogP contribution in [0.3, 0.4) is 0 Å². The number of nitriles is 1. The molecular formula is C48H30F8N12O3S2. The molecule has 0 saturated carbocycles. The van der Waals surface area contributed by atoms with E-state index in [2.05, 4.69) is 40.3 Å². The van der Waals surface area contributed by atoms with Gasteiger partial charge in [-0.25, -0.2) is 28.7 Å². The first kappa shape index (κ1) is 49.2. The minimum Gasteiger partial charge on any atom is -0.497 e. The van der Waals surface area contributed by atoms with E-state index in [1.807, 2.05) is 6.07 Å². The summed E-state index contributed by atoms with van der Waals surface area (Å²) in [5.41, 5.74) is 5.44. The fourth-order valence-electron chi connectivity index (χ4n) is 7.54. The second-order valence-electron chi connectivity index (χ2n) is 15.5. The van der Waals surface area contributed by atoms with Crippen molar-refractivity contribution in [3.05, 3.63) is 154 Å². The van der Waals surface area contributed by atoms with E-state index < -0.39 is 41.0 Å². The predicted molar refractivity (Wildman–Crippen MR) is 249 cm³/mol. The Bertz CT molecular complexity index is 3660. The van der Waals surface area contributed by atoms with Crippen molar-refractivity contribution >= 4 is 28.6 Å². The van der Waals surface area contributed by atoms with E-state index in [-0.39, 0.29) is 90.8 Å². The summed E-state index contributed by atoms with van der Waals surface area (Å²) in [6.45, 7) is 0.272. The van der Waals surface area contributed by atoms with Gasteiger partial charge in [-0.1, -0.05) is 46.9 Å². The number of hydrogen-bond acceptors (Lipinski definition) is 14. The van der Waals surface area contributed by atoms with Crippen molar-refractivity contribution in [2.45, 2.75) is 25.4 Å². The molecule has 4 aliphatic heterocycles. The Kier molecular flexibility index (Phi) is 13.4. The highest BCUT2D eigenvalue weighted by atomic mass is 32.1. The summed E-state index contributed by atoms with van der Waals surface area (Å²) < 4.78 is 123. The van der Waals surface area contributed by atoms with Gasteiger partial charge in [0.25, 0.3) is 5.91 Å². The second-order valence-corrected chi connectivity index (χ2v) is 17.6. The van der Waals surface area contributed by atoms with Crippen LogP contribution in [0.15, 0.2) is 110 Å². The lowest BCUT2D eigenvalue weighted by atomic mass is 10.1. The number of benzene rings is 4. The summed E-state index contributed by atoms with van der Waals surface area (Å²) in [7, 11) is 2.58. The lowest BCUT2D eigenvalue weighted by molar-refractivity contribution is -0.138. The van der Waals surface area contributed by atoms with Crippen molar-refractivity contribution in [3.63, 3.8) is 0 Å². The van der Waals surface area contributed by atoms with Crippen molar-refractivity contribution < 1.29 is 49.4 Å². The van der Waals surface area contributed by atoms with Crippen molar-refractivity contribution in [1.29, 1.82) is 5.26 Å². The molecule has 1 amide bonds. The van der Waals surface area contributed by atoms with Crippen molar-refractivity contribution in [1.82, 2.24) is 49.5 Å². The van der Waals surface area contributed by atoms with Gasteiger partial charge in [0.05, 0.1) is 68.0 Å². The monoisotopic (exact) mass is 1040 g/mol. The Morgan fingerprint density at radius 1 is 0.630 bits per heavy atom. The fraction of sp³-hybridized carbons (Fsp3) is 0.125. The van der Waals surface area contributed by atoms with Gasteiger partial charge < -0.3 is 24.3 Å². The molecule has 0 atom stereocenters. The van der Waals surface area contributed by atoms with E-state index in [9.17, 15) is 45.2 Å². The maximum Gasteiger partial charge on any atom is 0.417 e. The molecule has 0 aliphatic carbocycles. The number of hydrogen-bond donors (Lipinski definition) is 1. The number of methoxy groups -OCH3 is 2. The maximum absolute atomic E-state index is 14.4. The lowest BCUT2D eigenvalue weighted by Crippen LogP contribution is -2.13. The molecule has 0 unspecified atom stereocenters. The number of alkyl halides is 6. The largest absolute Gasteiger partial charge is 0.497 e. The Labute approximate surface area is 414 Å². The van der Waals surface area contributed by atoms with Gasteiger partial charge in [-0.2, -0.15) is 31.6 Å². The molecule has 0 spiro atoms. The van der Waals surface area contributed by atoms with Crippen LogP contribution in [0, 0.1) is 23.0 Å². The van der Waals surface area contributed by atoms with Crippen LogP contribution < -0.4 is 15.2 Å². The molecule has 0 bridgehead atoms. The van der Waals surface area contributed by atoms with E-state index in [1.54, 1.807) is 39.7 Å². The summed E-state index contributed by atoms with van der Waals surface area (Å²) in [4.78, 5) is 29.5. The number of ether oxygens (including phenoxy) is 2. The number of amides is 1. The number of fused-ring (bicyclic) bond motifs is 2. The first-order chi connectivity index (χ1) is 34.9. The highest BCUT2D eigenvalue weighted by Gasteiger charge is 2.37. The number of rotatable bonds is 11. The highest BCUT2D eigenvalue weighted by Crippen LogP contribution is 2.42. The summed E-state index contributed by atoms with van der Waals surface area (Å²) in [5.74, 6) is -1.73. The molecule has 4 aromatic carbocycles. The summed E-state index contributed by atoms with van der Waals surface area (Å²) in [6, 6.07) is 21.1. The summed E-state index contributed by atoms with van der Waals surface area (Å²) in [5, 5.41) is 26.6. The highest BCUT2D eigenvalue weighted by molar-refractivity contribution is 7.15. The van der Waals surface area contributed by atoms with Gasteiger partial charge in [-0.05, 0) is 60.7 Å². The third kappa shape index (κ3) is 10.1. The molecule has 0 radical (unpaired) electrons. The minimum absolute atomic E-state index is 0.00960. The fourth-order valence-corrected chi connectivity index (χ4v) is 9.32. The number of halogens is 8. The third-order valence-electron chi connectivity index (χ3n) is 10.9. The zero-order valence-corrected chi connectivity index (χ0v) is 39.0. The molecule has 4 aliphatic rings. The third-order valence-corrected chi connectivity index (χ3v) is 12.7. The van der Waals surface area contributed by atoms with Crippen LogP contribution in [0.4, 0.5) is 35.1 Å². The van der Waals surface area contributed by atoms with Gasteiger partial charge in [0.1, 0.15) is 77.6 Å². The standard InChI is InChI=1S/C24H16F4N6O2S.C24H14F4N6OS/c1-36-12-6-7-13(15(8-12)24(26,27)28)23-33-32-18(37-23)10-34-9-17-21(30-11-34)19(22(29)35)20(31-17)14-4-2-3-5-16(14)25;1-35-13-6-7-14(17(8-13)24(26,27)28)23-33-32-20(36-23)11-34-10-19-22(30-12-34)16(9-29)21(31-19)15-4-2-3-5-18(15)25/h2-9,11H,10H2,1H3,(H2,29,35);2-8,10,12H,11H2,1H3. The van der Waals surface area contributed by atoms with Crippen molar-refractivity contribution in [2.75, 3.05) is 14.2 Å². The normalized spacial score (nSPS) is 11.6. The van der Waals surface area contributed by atoms with Gasteiger partial charge in [-0.3, -0.25) is 4.79 Å². The van der Waals surface area contributed by atoms with E-state index >= 15 is 0 Å². The van der Waals surface area contributed by atoms with E-state index in [0.29, 0.717) is 21.4 Å². The van der Waals surface area contributed by atoms with Crippen molar-refractivity contribution in [2.24, 2.45) is 5.73 Å². The van der Waals surface area contributed by atoms with E-state index in [1.165, 1.54) is 81.5 Å². The number of nitrogens with zero attached hydrogens (tertiary/aromatic N) is 11. The minimum atomic E-state index is -4.61. The first-order valence-corrected chi connectivity index (χ1v) is 22.6. The van der Waals surface area contributed by atoms with Gasteiger partial charge in [0, 0.05) is 34.6 Å².